The van der Waals surface area contributed by atoms with Crippen molar-refractivity contribution in [2.45, 2.75) is 0 Å². The lowest BCUT2D eigenvalue weighted by molar-refractivity contribution is 0.108. The minimum atomic E-state index is -0.571. The van der Waals surface area contributed by atoms with E-state index in [0.717, 1.165) is 0 Å². The molecule has 1 aromatic carbocycles. The van der Waals surface area contributed by atoms with Crippen LogP contribution >= 0.6 is 11.6 Å². The van der Waals surface area contributed by atoms with Crippen LogP contribution in [0.5, 0.6) is 0 Å². The number of isocyanates is 1. The van der Waals surface area contributed by atoms with Crippen LogP contribution in [0.2, 0.25) is 0 Å². The van der Waals surface area contributed by atoms with Gasteiger partial charge in [-0.1, -0.05) is 6.07 Å². The van der Waals surface area contributed by atoms with E-state index >= 15 is 0 Å². The van der Waals surface area contributed by atoms with Gasteiger partial charge in [0.25, 0.3) is 5.24 Å². The quantitative estimate of drug-likeness (QED) is 0.398. The number of carbonyl (C=O) groups excluding carboxylic acids is 2. The molecule has 1 aromatic rings. The van der Waals surface area contributed by atoms with E-state index in [1.807, 2.05) is 0 Å². The number of hydrogen-bond donors (Lipinski definition) is 0. The van der Waals surface area contributed by atoms with Crippen molar-refractivity contribution in [3.63, 3.8) is 0 Å². The van der Waals surface area contributed by atoms with E-state index in [-0.39, 0.29) is 0 Å². The average molecular weight is 182 g/mol. The topological polar surface area (TPSA) is 46.5 Å². The Kier molecular flexibility index (Phi) is 2.75. The molecular formula is C8H4ClNO2. The molecule has 0 fully saturated rings. The molecule has 0 saturated carbocycles. The summed E-state index contributed by atoms with van der Waals surface area (Å²) in [7, 11) is 0. The molecule has 0 aromatic heterocycles. The number of rotatable bonds is 2. The maximum Gasteiger partial charge on any atom is 0.252 e. The Morgan fingerprint density at radius 2 is 2.25 bits per heavy atom. The van der Waals surface area contributed by atoms with Gasteiger partial charge in [-0.3, -0.25) is 4.79 Å². The molecule has 1 rings (SSSR count). The zero-order valence-corrected chi connectivity index (χ0v) is 6.71. The van der Waals surface area contributed by atoms with Crippen LogP contribution in [-0.2, 0) is 4.79 Å². The van der Waals surface area contributed by atoms with Crippen LogP contribution in [0, 0.1) is 0 Å². The van der Waals surface area contributed by atoms with Gasteiger partial charge in [0.05, 0.1) is 5.69 Å². The largest absolute Gasteiger partial charge is 0.276 e. The van der Waals surface area contributed by atoms with Gasteiger partial charge in [-0.05, 0) is 29.8 Å². The summed E-state index contributed by atoms with van der Waals surface area (Å²) in [5.74, 6) is 0. The van der Waals surface area contributed by atoms with E-state index in [9.17, 15) is 9.59 Å². The highest BCUT2D eigenvalue weighted by Gasteiger charge is 2.00. The minimum Gasteiger partial charge on any atom is -0.276 e. The first-order valence-electron chi connectivity index (χ1n) is 3.12. The van der Waals surface area contributed by atoms with Crippen molar-refractivity contribution in [2.24, 2.45) is 4.99 Å². The van der Waals surface area contributed by atoms with Gasteiger partial charge in [0.15, 0.2) is 0 Å². The van der Waals surface area contributed by atoms with Gasteiger partial charge in [-0.2, -0.15) is 4.99 Å². The fourth-order valence-electron chi connectivity index (χ4n) is 0.750. The predicted molar refractivity (Wildman–Crippen MR) is 44.4 cm³/mol. The van der Waals surface area contributed by atoms with Crippen LogP contribution in [0.25, 0.3) is 0 Å². The summed E-state index contributed by atoms with van der Waals surface area (Å²) in [6.07, 6.45) is 1.37. The maximum atomic E-state index is 10.6. The van der Waals surface area contributed by atoms with E-state index in [4.69, 9.17) is 11.6 Å². The second kappa shape index (κ2) is 3.81. The molecule has 0 N–H and O–H groups in total. The third kappa shape index (κ3) is 2.02. The van der Waals surface area contributed by atoms with Crippen LogP contribution in [0.1, 0.15) is 10.4 Å². The summed E-state index contributed by atoms with van der Waals surface area (Å²) < 4.78 is 0. The molecule has 0 heterocycles. The minimum absolute atomic E-state index is 0.313. The first-order chi connectivity index (χ1) is 5.74. The van der Waals surface area contributed by atoms with Gasteiger partial charge in [0, 0.05) is 5.56 Å². The summed E-state index contributed by atoms with van der Waals surface area (Å²) in [4.78, 5) is 23.8. The van der Waals surface area contributed by atoms with Crippen molar-refractivity contribution in [3.05, 3.63) is 29.8 Å². The van der Waals surface area contributed by atoms with Crippen molar-refractivity contribution in [2.75, 3.05) is 0 Å². The summed E-state index contributed by atoms with van der Waals surface area (Å²) >= 11 is 5.20. The highest BCUT2D eigenvalue weighted by Crippen LogP contribution is 2.14. The molecule has 0 saturated heterocycles. The lowest BCUT2D eigenvalue weighted by Crippen LogP contribution is -1.85. The second-order valence-corrected chi connectivity index (χ2v) is 2.37. The lowest BCUT2D eigenvalue weighted by atomic mass is 10.2. The van der Waals surface area contributed by atoms with Gasteiger partial charge < -0.3 is 0 Å². The van der Waals surface area contributed by atoms with Crippen molar-refractivity contribution < 1.29 is 9.59 Å². The van der Waals surface area contributed by atoms with Gasteiger partial charge in [-0.15, -0.1) is 0 Å². The number of halogens is 1. The summed E-state index contributed by atoms with van der Waals surface area (Å²) in [5, 5.41) is -0.571. The van der Waals surface area contributed by atoms with E-state index in [1.54, 1.807) is 18.2 Å². The second-order valence-electron chi connectivity index (χ2n) is 2.03. The van der Waals surface area contributed by atoms with Gasteiger partial charge >= 0.3 is 0 Å². The molecule has 12 heavy (non-hydrogen) atoms. The SMILES string of the molecule is O=C=Nc1cccc(C(=O)Cl)c1. The Hall–Kier alpha value is -1.44. The van der Waals surface area contributed by atoms with Crippen molar-refractivity contribution in [3.8, 4) is 0 Å². The molecule has 3 nitrogen and oxygen atoms in total. The fraction of sp³-hybridized carbons (Fsp3) is 0. The zero-order chi connectivity index (χ0) is 8.97. The predicted octanol–water partition coefficient (Wildman–Crippen LogP) is 2.03. The smallest absolute Gasteiger partial charge is 0.252 e. The fourth-order valence-corrected chi connectivity index (χ4v) is 0.868. The normalized spacial score (nSPS) is 8.75. The molecular weight excluding hydrogens is 178 g/mol. The highest BCUT2D eigenvalue weighted by molar-refractivity contribution is 6.67. The number of hydrogen-bond acceptors (Lipinski definition) is 3. The Balaban J connectivity index is 3.11. The van der Waals surface area contributed by atoms with Crippen LogP contribution in [-0.4, -0.2) is 11.3 Å². The number of carbonyl (C=O) groups is 1. The van der Waals surface area contributed by atoms with Crippen molar-refractivity contribution in [1.82, 2.24) is 0 Å². The van der Waals surface area contributed by atoms with Crippen LogP contribution in [0.4, 0.5) is 5.69 Å². The standard InChI is InChI=1S/C8H4ClNO2/c9-8(12)6-2-1-3-7(4-6)10-5-11/h1-4H. The Labute approximate surface area is 73.7 Å². The molecule has 0 bridgehead atoms. The first kappa shape index (κ1) is 8.65. The van der Waals surface area contributed by atoms with Crippen LogP contribution in [0.3, 0.4) is 0 Å². The van der Waals surface area contributed by atoms with Gasteiger partial charge in [0.1, 0.15) is 0 Å². The third-order valence-electron chi connectivity index (χ3n) is 1.25. The molecule has 0 atom stereocenters. The molecule has 0 spiro atoms. The van der Waals surface area contributed by atoms with E-state index in [1.165, 1.54) is 12.1 Å². The molecule has 0 unspecified atom stereocenters. The lowest BCUT2D eigenvalue weighted by Gasteiger charge is -1.92. The van der Waals surface area contributed by atoms with E-state index < -0.39 is 5.24 Å². The number of benzene rings is 1. The Bertz CT molecular complexity index is 339. The van der Waals surface area contributed by atoms with Crippen LogP contribution in [0.15, 0.2) is 29.3 Å². The molecule has 0 aliphatic carbocycles. The molecule has 0 aliphatic rings. The molecule has 60 valence electrons. The van der Waals surface area contributed by atoms with Gasteiger partial charge in [0.2, 0.25) is 6.08 Å². The Morgan fingerprint density at radius 3 is 2.83 bits per heavy atom. The molecule has 4 heteroatoms. The monoisotopic (exact) mass is 181 g/mol. The summed E-state index contributed by atoms with van der Waals surface area (Å²) in [5.41, 5.74) is 0.685. The first-order valence-corrected chi connectivity index (χ1v) is 3.49. The van der Waals surface area contributed by atoms with Crippen LogP contribution < -0.4 is 0 Å². The average Bonchev–Trinajstić information content (AvgIpc) is 2.05. The molecule has 0 amide bonds. The van der Waals surface area contributed by atoms with Crippen molar-refractivity contribution >= 4 is 28.6 Å². The van der Waals surface area contributed by atoms with E-state index in [0.29, 0.717) is 11.3 Å². The number of aliphatic imine (C=N–C) groups is 1. The molecule has 0 radical (unpaired) electrons. The Morgan fingerprint density at radius 1 is 1.50 bits per heavy atom. The van der Waals surface area contributed by atoms with Gasteiger partial charge in [-0.25, -0.2) is 4.79 Å². The number of nitrogens with zero attached hydrogens (tertiary/aromatic N) is 1. The summed E-state index contributed by atoms with van der Waals surface area (Å²) in [6, 6.07) is 6.12. The highest BCUT2D eigenvalue weighted by atomic mass is 35.5. The summed E-state index contributed by atoms with van der Waals surface area (Å²) in [6.45, 7) is 0. The zero-order valence-electron chi connectivity index (χ0n) is 5.95. The molecule has 0 aliphatic heterocycles. The van der Waals surface area contributed by atoms with Crippen molar-refractivity contribution in [1.29, 1.82) is 0 Å². The third-order valence-corrected chi connectivity index (χ3v) is 1.47. The van der Waals surface area contributed by atoms with E-state index in [2.05, 4.69) is 4.99 Å². The maximum absolute atomic E-state index is 10.6.